The lowest BCUT2D eigenvalue weighted by Gasteiger charge is -2.20. The van der Waals surface area contributed by atoms with Gasteiger partial charge in [0.05, 0.1) is 19.6 Å². The fraction of sp³-hybridized carbons (Fsp3) is 0.462. The van der Waals surface area contributed by atoms with Crippen molar-refractivity contribution >= 4 is 5.91 Å². The van der Waals surface area contributed by atoms with E-state index in [2.05, 4.69) is 0 Å². The summed E-state index contributed by atoms with van der Waals surface area (Å²) in [4.78, 5) is 12.1. The highest BCUT2D eigenvalue weighted by Crippen LogP contribution is 2.50. The van der Waals surface area contributed by atoms with E-state index >= 15 is 0 Å². The largest absolute Gasteiger partial charge is 0.493 e. The second kappa shape index (κ2) is 4.49. The van der Waals surface area contributed by atoms with Crippen molar-refractivity contribution in [3.05, 3.63) is 23.8 Å². The van der Waals surface area contributed by atoms with Crippen molar-refractivity contribution in [2.24, 2.45) is 5.84 Å². The molecule has 0 aromatic heterocycles. The number of carbonyl (C=O) groups excluding carboxylic acids is 1. The number of rotatable bonds is 4. The Morgan fingerprint density at radius 3 is 2.33 bits per heavy atom. The number of hydrogen-bond acceptors (Lipinski definition) is 4. The van der Waals surface area contributed by atoms with Crippen LogP contribution in [0.3, 0.4) is 0 Å². The van der Waals surface area contributed by atoms with Crippen LogP contribution >= 0.6 is 0 Å². The number of ether oxygens (including phenoxy) is 2. The number of amides is 1. The van der Waals surface area contributed by atoms with E-state index in [-0.39, 0.29) is 5.91 Å². The fourth-order valence-corrected chi connectivity index (χ4v) is 2.22. The minimum Gasteiger partial charge on any atom is -0.493 e. The number of nitrogens with two attached hydrogens (primary N) is 1. The molecule has 0 unspecified atom stereocenters. The van der Waals surface area contributed by atoms with Gasteiger partial charge in [0, 0.05) is 7.05 Å². The molecule has 1 fully saturated rings. The number of methoxy groups -OCH3 is 2. The van der Waals surface area contributed by atoms with Crippen LogP contribution in [0.2, 0.25) is 0 Å². The molecule has 1 aliphatic carbocycles. The molecule has 2 rings (SSSR count). The number of hydrazine groups is 1. The molecule has 5 nitrogen and oxygen atoms in total. The Balaban J connectivity index is 2.37. The second-order valence-electron chi connectivity index (χ2n) is 4.57. The highest BCUT2D eigenvalue weighted by molar-refractivity contribution is 5.91. The Kier molecular flexibility index (Phi) is 3.17. The molecule has 0 bridgehead atoms. The molecule has 1 aliphatic rings. The summed E-state index contributed by atoms with van der Waals surface area (Å²) >= 11 is 0. The molecule has 1 amide bonds. The Hall–Kier alpha value is -1.75. The minimum atomic E-state index is -0.469. The van der Waals surface area contributed by atoms with Crippen LogP contribution in [-0.4, -0.2) is 32.2 Å². The van der Waals surface area contributed by atoms with E-state index in [0.717, 1.165) is 23.4 Å². The number of hydrogen-bond donors (Lipinski definition) is 1. The van der Waals surface area contributed by atoms with Crippen LogP contribution in [0, 0.1) is 0 Å². The quantitative estimate of drug-likeness (QED) is 0.493. The molecule has 0 saturated heterocycles. The molecular formula is C13H18N2O3. The van der Waals surface area contributed by atoms with Gasteiger partial charge in [0.1, 0.15) is 0 Å². The van der Waals surface area contributed by atoms with Crippen molar-refractivity contribution in [3.8, 4) is 11.5 Å². The van der Waals surface area contributed by atoms with Crippen molar-refractivity contribution in [2.45, 2.75) is 18.3 Å². The van der Waals surface area contributed by atoms with E-state index in [9.17, 15) is 4.79 Å². The van der Waals surface area contributed by atoms with Crippen molar-refractivity contribution in [3.63, 3.8) is 0 Å². The zero-order chi connectivity index (χ0) is 13.3. The molecule has 2 N–H and O–H groups in total. The van der Waals surface area contributed by atoms with Crippen LogP contribution in [-0.2, 0) is 10.2 Å². The average molecular weight is 250 g/mol. The molecule has 1 saturated carbocycles. The predicted molar refractivity (Wildman–Crippen MR) is 67.4 cm³/mol. The van der Waals surface area contributed by atoms with Crippen molar-refractivity contribution in [1.82, 2.24) is 5.01 Å². The van der Waals surface area contributed by atoms with Gasteiger partial charge in [-0.05, 0) is 30.5 Å². The predicted octanol–water partition coefficient (Wildman–Crippen LogP) is 1.07. The molecule has 0 radical (unpaired) electrons. The lowest BCUT2D eigenvalue weighted by Crippen LogP contribution is -2.41. The van der Waals surface area contributed by atoms with E-state index < -0.39 is 5.41 Å². The maximum absolute atomic E-state index is 12.1. The molecular weight excluding hydrogens is 232 g/mol. The zero-order valence-corrected chi connectivity index (χ0v) is 10.9. The normalized spacial score (nSPS) is 16.0. The third-order valence-corrected chi connectivity index (χ3v) is 3.42. The summed E-state index contributed by atoms with van der Waals surface area (Å²) in [5, 5.41) is 1.16. The number of benzene rings is 1. The van der Waals surface area contributed by atoms with Crippen LogP contribution in [0.15, 0.2) is 18.2 Å². The molecule has 1 aromatic carbocycles. The van der Waals surface area contributed by atoms with Crippen LogP contribution in [0.4, 0.5) is 0 Å². The standard InChI is InChI=1S/C13H18N2O3/c1-15(14)12(16)13(6-7-13)9-4-5-10(17-2)11(8-9)18-3/h4-5,8H,6-7,14H2,1-3H3. The van der Waals surface area contributed by atoms with Crippen LogP contribution in [0.5, 0.6) is 11.5 Å². The van der Waals surface area contributed by atoms with E-state index in [1.165, 1.54) is 0 Å². The Bertz CT molecular complexity index is 467. The monoisotopic (exact) mass is 250 g/mol. The smallest absolute Gasteiger partial charge is 0.246 e. The van der Waals surface area contributed by atoms with Crippen LogP contribution < -0.4 is 15.3 Å². The van der Waals surface area contributed by atoms with Gasteiger partial charge in [-0.2, -0.15) is 0 Å². The topological polar surface area (TPSA) is 64.8 Å². The summed E-state index contributed by atoms with van der Waals surface area (Å²) in [6.07, 6.45) is 1.64. The highest BCUT2D eigenvalue weighted by atomic mass is 16.5. The van der Waals surface area contributed by atoms with Gasteiger partial charge in [-0.15, -0.1) is 0 Å². The molecule has 0 atom stereocenters. The van der Waals surface area contributed by atoms with Crippen LogP contribution in [0.1, 0.15) is 18.4 Å². The van der Waals surface area contributed by atoms with Gasteiger partial charge in [-0.25, -0.2) is 5.84 Å². The average Bonchev–Trinajstić information content (AvgIpc) is 3.18. The Morgan fingerprint density at radius 1 is 1.28 bits per heavy atom. The molecule has 0 heterocycles. The molecule has 0 spiro atoms. The highest BCUT2D eigenvalue weighted by Gasteiger charge is 2.52. The van der Waals surface area contributed by atoms with E-state index in [0.29, 0.717) is 11.5 Å². The molecule has 18 heavy (non-hydrogen) atoms. The summed E-state index contributed by atoms with van der Waals surface area (Å²) in [6, 6.07) is 5.57. The van der Waals surface area contributed by atoms with Gasteiger partial charge in [0.25, 0.3) is 0 Å². The first-order valence-corrected chi connectivity index (χ1v) is 5.80. The van der Waals surface area contributed by atoms with Gasteiger partial charge in [-0.1, -0.05) is 6.07 Å². The van der Waals surface area contributed by atoms with Crippen molar-refractivity contribution < 1.29 is 14.3 Å². The lowest BCUT2D eigenvalue weighted by molar-refractivity contribution is -0.132. The fourth-order valence-electron chi connectivity index (χ4n) is 2.22. The molecule has 1 aromatic rings. The second-order valence-corrected chi connectivity index (χ2v) is 4.57. The molecule has 5 heteroatoms. The van der Waals surface area contributed by atoms with Crippen LogP contribution in [0.25, 0.3) is 0 Å². The van der Waals surface area contributed by atoms with Gasteiger partial charge < -0.3 is 9.47 Å². The zero-order valence-electron chi connectivity index (χ0n) is 10.9. The summed E-state index contributed by atoms with van der Waals surface area (Å²) < 4.78 is 10.4. The Labute approximate surface area is 106 Å². The number of likely N-dealkylation sites (N-methyl/N-ethyl adjacent to an activating group) is 1. The van der Waals surface area contributed by atoms with Gasteiger partial charge >= 0.3 is 0 Å². The summed E-state index contributed by atoms with van der Waals surface area (Å²) in [5.41, 5.74) is 0.464. The van der Waals surface area contributed by atoms with Gasteiger partial charge in [0.15, 0.2) is 11.5 Å². The van der Waals surface area contributed by atoms with Crippen molar-refractivity contribution in [1.29, 1.82) is 0 Å². The van der Waals surface area contributed by atoms with Gasteiger partial charge in [0.2, 0.25) is 5.91 Å². The third kappa shape index (κ3) is 1.90. The summed E-state index contributed by atoms with van der Waals surface area (Å²) in [6.45, 7) is 0. The molecule has 98 valence electrons. The SMILES string of the molecule is COc1ccc(C2(C(=O)N(C)N)CC2)cc1OC. The third-order valence-electron chi connectivity index (χ3n) is 3.42. The number of nitrogens with zero attached hydrogens (tertiary/aromatic N) is 1. The summed E-state index contributed by atoms with van der Waals surface area (Å²) in [5.74, 6) is 6.78. The van der Waals surface area contributed by atoms with Crippen molar-refractivity contribution in [2.75, 3.05) is 21.3 Å². The minimum absolute atomic E-state index is 0.0604. The first kappa shape index (κ1) is 12.7. The maximum atomic E-state index is 12.1. The van der Waals surface area contributed by atoms with E-state index in [1.54, 1.807) is 21.3 Å². The van der Waals surface area contributed by atoms with Gasteiger partial charge in [-0.3, -0.25) is 9.80 Å². The van der Waals surface area contributed by atoms with E-state index in [4.69, 9.17) is 15.3 Å². The Morgan fingerprint density at radius 2 is 1.89 bits per heavy atom. The first-order valence-electron chi connectivity index (χ1n) is 5.80. The summed E-state index contributed by atoms with van der Waals surface area (Å²) in [7, 11) is 4.74. The first-order chi connectivity index (χ1) is 8.55. The van der Waals surface area contributed by atoms with E-state index in [1.807, 2.05) is 18.2 Å². The number of carbonyl (C=O) groups is 1. The maximum Gasteiger partial charge on any atom is 0.246 e. The lowest BCUT2D eigenvalue weighted by atomic mass is 9.94. The molecule has 0 aliphatic heterocycles.